The van der Waals surface area contributed by atoms with Gasteiger partial charge < -0.3 is 5.32 Å². The van der Waals surface area contributed by atoms with Crippen molar-refractivity contribution in [2.24, 2.45) is 0 Å². The second kappa shape index (κ2) is 5.81. The number of carbonyl (C=O) groups excluding carboxylic acids is 3. The highest BCUT2D eigenvalue weighted by atomic mass is 19.1. The fourth-order valence-corrected chi connectivity index (χ4v) is 2.19. The van der Waals surface area contributed by atoms with Crippen molar-refractivity contribution in [3.63, 3.8) is 0 Å². The van der Waals surface area contributed by atoms with Crippen LogP contribution in [0.1, 0.15) is 26.2 Å². The van der Waals surface area contributed by atoms with E-state index in [2.05, 4.69) is 5.32 Å². The van der Waals surface area contributed by atoms with Gasteiger partial charge in [-0.2, -0.15) is 0 Å². The van der Waals surface area contributed by atoms with Crippen molar-refractivity contribution in [1.29, 1.82) is 0 Å². The number of imide groups is 1. The Balaban J connectivity index is 2.11. The maximum absolute atomic E-state index is 12.8. The summed E-state index contributed by atoms with van der Waals surface area (Å²) in [6.45, 7) is 1.73. The second-order valence-corrected chi connectivity index (χ2v) is 4.58. The molecule has 0 aromatic heterocycles. The van der Waals surface area contributed by atoms with E-state index in [4.69, 9.17) is 0 Å². The Morgan fingerprint density at radius 3 is 2.30 bits per heavy atom. The summed E-state index contributed by atoms with van der Waals surface area (Å²) in [7, 11) is 0. The minimum absolute atomic E-state index is 0.152. The van der Waals surface area contributed by atoms with Gasteiger partial charge in [-0.3, -0.25) is 19.3 Å². The van der Waals surface area contributed by atoms with E-state index in [0.717, 1.165) is 4.90 Å². The van der Waals surface area contributed by atoms with Gasteiger partial charge in [-0.1, -0.05) is 6.92 Å². The van der Waals surface area contributed by atoms with Crippen LogP contribution < -0.4 is 5.32 Å². The number of amides is 3. The quantitative estimate of drug-likeness (QED) is 0.852. The first-order chi connectivity index (χ1) is 9.52. The molecule has 0 spiro atoms. The predicted molar refractivity (Wildman–Crippen MR) is 70.2 cm³/mol. The van der Waals surface area contributed by atoms with E-state index < -0.39 is 17.8 Å². The van der Waals surface area contributed by atoms with Gasteiger partial charge in [0.2, 0.25) is 17.7 Å². The molecule has 1 aliphatic heterocycles. The average molecular weight is 278 g/mol. The average Bonchev–Trinajstić information content (AvgIpc) is 2.74. The number of rotatable bonds is 4. The van der Waals surface area contributed by atoms with Crippen LogP contribution in [0.15, 0.2) is 24.3 Å². The summed E-state index contributed by atoms with van der Waals surface area (Å²) in [6.07, 6.45) is 0.642. The SMILES string of the molecule is CCC(C(=O)Nc1ccc(F)cc1)N1C(=O)CCC1=O. The molecule has 1 aliphatic rings. The van der Waals surface area contributed by atoms with Gasteiger partial charge in [0, 0.05) is 18.5 Å². The number of anilines is 1. The molecule has 106 valence electrons. The van der Waals surface area contributed by atoms with E-state index >= 15 is 0 Å². The minimum Gasteiger partial charge on any atom is -0.324 e. The van der Waals surface area contributed by atoms with Gasteiger partial charge in [0.15, 0.2) is 0 Å². The molecule has 20 heavy (non-hydrogen) atoms. The Labute approximate surface area is 115 Å². The van der Waals surface area contributed by atoms with Gasteiger partial charge in [0.25, 0.3) is 0 Å². The molecule has 1 fully saturated rings. The fourth-order valence-electron chi connectivity index (χ4n) is 2.19. The molecule has 1 N–H and O–H groups in total. The summed E-state index contributed by atoms with van der Waals surface area (Å²) in [4.78, 5) is 36.5. The summed E-state index contributed by atoms with van der Waals surface area (Å²) in [6, 6.07) is 4.48. The zero-order valence-corrected chi connectivity index (χ0v) is 11.1. The highest BCUT2D eigenvalue weighted by molar-refractivity contribution is 6.07. The number of benzene rings is 1. The molecule has 5 nitrogen and oxygen atoms in total. The van der Waals surface area contributed by atoms with Crippen LogP contribution >= 0.6 is 0 Å². The molecule has 1 heterocycles. The summed E-state index contributed by atoms with van der Waals surface area (Å²) in [5.74, 6) is -1.49. The fraction of sp³-hybridized carbons (Fsp3) is 0.357. The standard InChI is InChI=1S/C14H15FN2O3/c1-2-11(17-12(18)7-8-13(17)19)14(20)16-10-5-3-9(15)4-6-10/h3-6,11H,2,7-8H2,1H3,(H,16,20). The van der Waals surface area contributed by atoms with Crippen molar-refractivity contribution >= 4 is 23.4 Å². The number of hydrogen-bond donors (Lipinski definition) is 1. The molecule has 0 radical (unpaired) electrons. The van der Waals surface area contributed by atoms with E-state index in [9.17, 15) is 18.8 Å². The van der Waals surface area contributed by atoms with Crippen molar-refractivity contribution in [1.82, 2.24) is 4.90 Å². The smallest absolute Gasteiger partial charge is 0.247 e. The van der Waals surface area contributed by atoms with Gasteiger partial charge in [-0.15, -0.1) is 0 Å². The van der Waals surface area contributed by atoms with Crippen LogP contribution in [0.2, 0.25) is 0 Å². The summed E-state index contributed by atoms with van der Waals surface area (Å²) < 4.78 is 12.8. The van der Waals surface area contributed by atoms with Crippen LogP contribution in [0, 0.1) is 5.82 Å². The highest BCUT2D eigenvalue weighted by Gasteiger charge is 2.37. The molecule has 1 unspecified atom stereocenters. The third-order valence-corrected chi connectivity index (χ3v) is 3.20. The molecule has 0 aliphatic carbocycles. The molecule has 1 aromatic carbocycles. The molecule has 1 saturated heterocycles. The van der Waals surface area contributed by atoms with E-state index in [1.54, 1.807) is 6.92 Å². The van der Waals surface area contributed by atoms with E-state index in [0.29, 0.717) is 12.1 Å². The van der Waals surface area contributed by atoms with Crippen LogP contribution in [-0.2, 0) is 14.4 Å². The number of hydrogen-bond acceptors (Lipinski definition) is 3. The van der Waals surface area contributed by atoms with Crippen molar-refractivity contribution in [3.05, 3.63) is 30.1 Å². The maximum atomic E-state index is 12.8. The van der Waals surface area contributed by atoms with Gasteiger partial charge in [0.05, 0.1) is 0 Å². The number of likely N-dealkylation sites (tertiary alicyclic amines) is 1. The van der Waals surface area contributed by atoms with Crippen LogP contribution in [0.3, 0.4) is 0 Å². The molecule has 2 rings (SSSR count). The maximum Gasteiger partial charge on any atom is 0.247 e. The predicted octanol–water partition coefficient (Wildman–Crippen LogP) is 1.69. The van der Waals surface area contributed by atoms with Crippen molar-refractivity contribution in [2.45, 2.75) is 32.2 Å². The first kappa shape index (κ1) is 14.2. The topological polar surface area (TPSA) is 66.5 Å². The lowest BCUT2D eigenvalue weighted by Gasteiger charge is -2.24. The van der Waals surface area contributed by atoms with Crippen molar-refractivity contribution in [3.8, 4) is 0 Å². The lowest BCUT2D eigenvalue weighted by atomic mass is 10.1. The summed E-state index contributed by atoms with van der Waals surface area (Å²) in [5, 5.41) is 2.59. The largest absolute Gasteiger partial charge is 0.324 e. The lowest BCUT2D eigenvalue weighted by molar-refractivity contribution is -0.145. The molecular formula is C14H15FN2O3. The number of carbonyl (C=O) groups is 3. The molecule has 6 heteroatoms. The highest BCUT2D eigenvalue weighted by Crippen LogP contribution is 2.19. The number of nitrogens with one attached hydrogen (secondary N) is 1. The van der Waals surface area contributed by atoms with Crippen molar-refractivity contribution < 1.29 is 18.8 Å². The molecule has 0 saturated carbocycles. The second-order valence-electron chi connectivity index (χ2n) is 4.58. The monoisotopic (exact) mass is 278 g/mol. The molecule has 0 bridgehead atoms. The first-order valence-corrected chi connectivity index (χ1v) is 6.44. The van der Waals surface area contributed by atoms with Crippen LogP contribution in [0.4, 0.5) is 10.1 Å². The normalized spacial score (nSPS) is 16.4. The molecule has 3 amide bonds. The minimum atomic E-state index is -0.817. The Morgan fingerprint density at radius 2 is 1.80 bits per heavy atom. The third kappa shape index (κ3) is 2.84. The van der Waals surface area contributed by atoms with Crippen LogP contribution in [0.5, 0.6) is 0 Å². The third-order valence-electron chi connectivity index (χ3n) is 3.20. The Bertz CT molecular complexity index is 526. The first-order valence-electron chi connectivity index (χ1n) is 6.44. The molecule has 1 aromatic rings. The Kier molecular flexibility index (Phi) is 4.12. The molecule has 1 atom stereocenters. The van der Waals surface area contributed by atoms with Crippen molar-refractivity contribution in [2.75, 3.05) is 5.32 Å². The van der Waals surface area contributed by atoms with Gasteiger partial charge in [-0.05, 0) is 30.7 Å². The van der Waals surface area contributed by atoms with Gasteiger partial charge in [0.1, 0.15) is 11.9 Å². The number of nitrogens with zero attached hydrogens (tertiary/aromatic N) is 1. The Morgan fingerprint density at radius 1 is 1.25 bits per heavy atom. The Hall–Kier alpha value is -2.24. The molecular weight excluding hydrogens is 263 g/mol. The van der Waals surface area contributed by atoms with Gasteiger partial charge >= 0.3 is 0 Å². The van der Waals surface area contributed by atoms with E-state index in [1.807, 2.05) is 0 Å². The van der Waals surface area contributed by atoms with Crippen LogP contribution in [-0.4, -0.2) is 28.7 Å². The van der Waals surface area contributed by atoms with Gasteiger partial charge in [-0.25, -0.2) is 4.39 Å². The van der Waals surface area contributed by atoms with E-state index in [-0.39, 0.29) is 24.7 Å². The summed E-state index contributed by atoms with van der Waals surface area (Å²) in [5.41, 5.74) is 0.425. The van der Waals surface area contributed by atoms with Crippen LogP contribution in [0.25, 0.3) is 0 Å². The zero-order chi connectivity index (χ0) is 14.7. The zero-order valence-electron chi connectivity index (χ0n) is 11.1. The summed E-state index contributed by atoms with van der Waals surface area (Å²) >= 11 is 0. The lowest BCUT2D eigenvalue weighted by Crippen LogP contribution is -2.46. The van der Waals surface area contributed by atoms with E-state index in [1.165, 1.54) is 24.3 Å². The number of halogens is 1.